The number of Topliss-reactive ketones (excluding diaryl/α,β-unsaturated/α-hetero) is 1. The zero-order valence-corrected chi connectivity index (χ0v) is 18.5. The first-order valence-corrected chi connectivity index (χ1v) is 10.3. The number of ketones is 1. The van der Waals surface area contributed by atoms with Gasteiger partial charge in [0.1, 0.15) is 17.2 Å². The van der Waals surface area contributed by atoms with Crippen molar-refractivity contribution in [3.05, 3.63) is 76.5 Å². The number of carbonyl (C=O) groups is 2. The highest BCUT2D eigenvalue weighted by molar-refractivity contribution is 6.46. The molecule has 3 aromatic rings. The Balaban J connectivity index is 1.95. The predicted octanol–water partition coefficient (Wildman–Crippen LogP) is 3.07. The number of aliphatic hydroxyl groups excluding tert-OH is 1. The van der Waals surface area contributed by atoms with Crippen LogP contribution in [0.3, 0.4) is 0 Å². The van der Waals surface area contributed by atoms with E-state index in [0.29, 0.717) is 29.1 Å². The summed E-state index contributed by atoms with van der Waals surface area (Å²) in [7, 11) is 3.72. The number of hydrogen-bond acceptors (Lipinski definition) is 5. The number of benzene rings is 1. The van der Waals surface area contributed by atoms with E-state index in [1.807, 2.05) is 38.1 Å². The molecule has 1 fully saturated rings. The number of likely N-dealkylation sites (N-methyl/N-ethyl adjacent to an activating group) is 1. The monoisotopic (exact) mass is 436 g/mol. The first kappa shape index (κ1) is 21.7. The summed E-state index contributed by atoms with van der Waals surface area (Å²) in [4.78, 5) is 33.9. The zero-order chi connectivity index (χ0) is 23.2. The highest BCUT2D eigenvalue weighted by Crippen LogP contribution is 2.40. The van der Waals surface area contributed by atoms with Gasteiger partial charge >= 0.3 is 0 Å². The Labute approximate surface area is 185 Å². The van der Waals surface area contributed by atoms with Gasteiger partial charge in [0.25, 0.3) is 11.7 Å². The molecule has 166 valence electrons. The van der Waals surface area contributed by atoms with Gasteiger partial charge in [-0.3, -0.25) is 14.0 Å². The van der Waals surface area contributed by atoms with Crippen LogP contribution in [0.15, 0.2) is 48.2 Å². The lowest BCUT2D eigenvalue weighted by molar-refractivity contribution is -0.140. The van der Waals surface area contributed by atoms with Gasteiger partial charge in [0, 0.05) is 19.3 Å². The van der Waals surface area contributed by atoms with Crippen LogP contribution < -0.4 is 0 Å². The lowest BCUT2D eigenvalue weighted by Gasteiger charge is -2.26. The van der Waals surface area contributed by atoms with Crippen molar-refractivity contribution < 1.29 is 19.1 Å². The number of pyridine rings is 1. The highest BCUT2D eigenvalue weighted by atomic mass is 19.1. The molecule has 0 unspecified atom stereocenters. The number of rotatable bonds is 5. The maximum absolute atomic E-state index is 14.1. The van der Waals surface area contributed by atoms with Gasteiger partial charge in [-0.1, -0.05) is 18.2 Å². The van der Waals surface area contributed by atoms with Crippen LogP contribution in [0.1, 0.15) is 28.6 Å². The molecule has 0 radical (unpaired) electrons. The lowest BCUT2D eigenvalue weighted by atomic mass is 9.96. The minimum absolute atomic E-state index is 0.0641. The summed E-state index contributed by atoms with van der Waals surface area (Å²) in [5, 5.41) is 11.4. The van der Waals surface area contributed by atoms with E-state index >= 15 is 0 Å². The number of fused-ring (bicyclic) bond motifs is 1. The molecule has 1 N–H and O–H groups in total. The van der Waals surface area contributed by atoms with E-state index in [1.54, 1.807) is 23.6 Å². The quantitative estimate of drug-likeness (QED) is 0.378. The van der Waals surface area contributed by atoms with Gasteiger partial charge in [0.15, 0.2) is 5.76 Å². The summed E-state index contributed by atoms with van der Waals surface area (Å²) >= 11 is 0. The number of likely N-dealkylation sites (tertiary alicyclic amines) is 1. The fourth-order valence-corrected chi connectivity index (χ4v) is 4.17. The topological polar surface area (TPSA) is 78.1 Å². The van der Waals surface area contributed by atoms with Crippen LogP contribution in [0.5, 0.6) is 0 Å². The van der Waals surface area contributed by atoms with E-state index in [4.69, 9.17) is 0 Å². The SMILES string of the molecule is Cc1nc2c(C)cccn2c1/C(O)=C1\C(=O)C(=O)N(CCN(C)C)[C@H]1c1cccc(F)c1. The summed E-state index contributed by atoms with van der Waals surface area (Å²) in [6.45, 7) is 4.40. The fourth-order valence-electron chi connectivity index (χ4n) is 4.17. The van der Waals surface area contributed by atoms with Crippen molar-refractivity contribution in [1.29, 1.82) is 0 Å². The highest BCUT2D eigenvalue weighted by Gasteiger charge is 2.46. The van der Waals surface area contributed by atoms with Crippen LogP contribution in [0.2, 0.25) is 0 Å². The van der Waals surface area contributed by atoms with Crippen molar-refractivity contribution in [1.82, 2.24) is 19.2 Å². The van der Waals surface area contributed by atoms with Gasteiger partial charge in [-0.15, -0.1) is 0 Å². The maximum Gasteiger partial charge on any atom is 0.295 e. The van der Waals surface area contributed by atoms with Gasteiger partial charge in [-0.25, -0.2) is 9.37 Å². The summed E-state index contributed by atoms with van der Waals surface area (Å²) in [6.07, 6.45) is 1.75. The van der Waals surface area contributed by atoms with Crippen molar-refractivity contribution in [2.75, 3.05) is 27.2 Å². The molecule has 1 amide bonds. The normalized spacial score (nSPS) is 18.3. The van der Waals surface area contributed by atoms with Gasteiger partial charge in [0.2, 0.25) is 0 Å². The van der Waals surface area contributed by atoms with Crippen LogP contribution in [0.25, 0.3) is 11.4 Å². The van der Waals surface area contributed by atoms with Gasteiger partial charge in [-0.2, -0.15) is 0 Å². The number of carbonyl (C=O) groups excluding carboxylic acids is 2. The van der Waals surface area contributed by atoms with Crippen LogP contribution in [0.4, 0.5) is 4.39 Å². The molecule has 7 nitrogen and oxygen atoms in total. The summed E-state index contributed by atoms with van der Waals surface area (Å²) in [6, 6.07) is 8.59. The average molecular weight is 436 g/mol. The second-order valence-corrected chi connectivity index (χ2v) is 8.28. The van der Waals surface area contributed by atoms with Gasteiger partial charge < -0.3 is 14.9 Å². The van der Waals surface area contributed by atoms with E-state index in [1.165, 1.54) is 23.1 Å². The molecule has 32 heavy (non-hydrogen) atoms. The number of halogens is 1. The molecule has 1 aliphatic rings. The molecule has 0 spiro atoms. The standard InChI is InChI=1S/C24H25FN4O3/c1-14-7-6-10-28-19(15(2)26-23(14)28)21(30)18-20(16-8-5-9-17(25)13-16)29(12-11-27(3)4)24(32)22(18)31/h5-10,13,20,30H,11-12H2,1-4H3/b21-18+/t20-/m0/s1. The largest absolute Gasteiger partial charge is 0.505 e. The van der Waals surface area contributed by atoms with Crippen LogP contribution >= 0.6 is 0 Å². The van der Waals surface area contributed by atoms with Crippen LogP contribution in [-0.4, -0.2) is 63.2 Å². The molecule has 0 saturated carbocycles. The summed E-state index contributed by atoms with van der Waals surface area (Å²) in [5.41, 5.74) is 2.78. The number of nitrogens with zero attached hydrogens (tertiary/aromatic N) is 4. The van der Waals surface area contributed by atoms with Crippen molar-refractivity contribution in [2.24, 2.45) is 0 Å². The predicted molar refractivity (Wildman–Crippen MR) is 119 cm³/mol. The van der Waals surface area contributed by atoms with Crippen molar-refractivity contribution >= 4 is 23.1 Å². The molecular weight excluding hydrogens is 411 g/mol. The van der Waals surface area contributed by atoms with E-state index in [9.17, 15) is 19.1 Å². The number of aryl methyl sites for hydroxylation is 2. The minimum atomic E-state index is -0.902. The van der Waals surface area contributed by atoms with E-state index in [2.05, 4.69) is 4.98 Å². The Morgan fingerprint density at radius 2 is 1.94 bits per heavy atom. The Morgan fingerprint density at radius 1 is 1.19 bits per heavy atom. The molecule has 2 aromatic heterocycles. The molecular formula is C24H25FN4O3. The number of amides is 1. The first-order chi connectivity index (χ1) is 15.2. The number of hydrogen-bond donors (Lipinski definition) is 1. The van der Waals surface area contributed by atoms with E-state index < -0.39 is 23.5 Å². The summed E-state index contributed by atoms with van der Waals surface area (Å²) < 4.78 is 15.8. The molecule has 1 atom stereocenters. The van der Waals surface area contributed by atoms with Crippen LogP contribution in [0, 0.1) is 19.7 Å². The van der Waals surface area contributed by atoms with Gasteiger partial charge in [0.05, 0.1) is 17.3 Å². The van der Waals surface area contributed by atoms with Crippen molar-refractivity contribution in [3.8, 4) is 0 Å². The minimum Gasteiger partial charge on any atom is -0.505 e. The zero-order valence-electron chi connectivity index (χ0n) is 18.5. The molecule has 1 aliphatic heterocycles. The van der Waals surface area contributed by atoms with Gasteiger partial charge in [-0.05, 0) is 57.3 Å². The smallest absolute Gasteiger partial charge is 0.295 e. The number of aliphatic hydroxyl groups is 1. The lowest BCUT2D eigenvalue weighted by Crippen LogP contribution is -2.35. The second kappa shape index (κ2) is 8.20. The number of aromatic nitrogens is 2. The Hall–Kier alpha value is -3.52. The Morgan fingerprint density at radius 3 is 2.62 bits per heavy atom. The third kappa shape index (κ3) is 3.56. The van der Waals surface area contributed by atoms with Crippen molar-refractivity contribution in [3.63, 3.8) is 0 Å². The molecule has 3 heterocycles. The Bertz CT molecular complexity index is 1260. The first-order valence-electron chi connectivity index (χ1n) is 10.3. The average Bonchev–Trinajstić information content (AvgIpc) is 3.21. The fraction of sp³-hybridized carbons (Fsp3) is 0.292. The molecule has 1 saturated heterocycles. The Kier molecular flexibility index (Phi) is 5.56. The summed E-state index contributed by atoms with van der Waals surface area (Å²) in [5.74, 6) is -2.31. The van der Waals surface area contributed by atoms with Crippen LogP contribution in [-0.2, 0) is 9.59 Å². The molecule has 1 aromatic carbocycles. The number of imidazole rings is 1. The molecule has 0 bridgehead atoms. The van der Waals surface area contributed by atoms with E-state index in [-0.39, 0.29) is 17.9 Å². The maximum atomic E-state index is 14.1. The molecule has 0 aliphatic carbocycles. The molecule has 8 heteroatoms. The third-order valence-corrected chi connectivity index (χ3v) is 5.74. The molecule has 4 rings (SSSR count). The van der Waals surface area contributed by atoms with Crippen molar-refractivity contribution in [2.45, 2.75) is 19.9 Å². The second-order valence-electron chi connectivity index (χ2n) is 8.28. The van der Waals surface area contributed by atoms with E-state index in [0.717, 1.165) is 5.56 Å². The third-order valence-electron chi connectivity index (χ3n) is 5.74.